The molecular weight excluding hydrogens is 310 g/mol. The molecule has 1 amide bonds. The summed E-state index contributed by atoms with van der Waals surface area (Å²) < 4.78 is 4.92. The van der Waals surface area contributed by atoms with Gasteiger partial charge in [0.15, 0.2) is 0 Å². The molecular formula is C15H22ClNO3S. The molecule has 0 saturated heterocycles. The minimum absolute atomic E-state index is 0.0836. The van der Waals surface area contributed by atoms with Crippen molar-refractivity contribution in [3.63, 3.8) is 0 Å². The summed E-state index contributed by atoms with van der Waals surface area (Å²) in [5.74, 6) is 1.00. The van der Waals surface area contributed by atoms with Gasteiger partial charge in [-0.2, -0.15) is 0 Å². The van der Waals surface area contributed by atoms with Crippen LogP contribution in [-0.4, -0.2) is 42.6 Å². The van der Waals surface area contributed by atoms with Gasteiger partial charge in [0.2, 0.25) is 5.91 Å². The highest BCUT2D eigenvalue weighted by atomic mass is 35.5. The third-order valence-corrected chi connectivity index (χ3v) is 4.14. The van der Waals surface area contributed by atoms with Gasteiger partial charge in [-0.3, -0.25) is 4.79 Å². The molecule has 1 aromatic rings. The molecule has 0 heterocycles. The number of rotatable bonds is 9. The summed E-state index contributed by atoms with van der Waals surface area (Å²) >= 11 is 7.42. The van der Waals surface area contributed by atoms with Crippen LogP contribution in [0.5, 0.6) is 0 Å². The summed E-state index contributed by atoms with van der Waals surface area (Å²) in [6.45, 7) is 2.38. The van der Waals surface area contributed by atoms with E-state index in [1.807, 2.05) is 24.3 Å². The zero-order valence-corrected chi connectivity index (χ0v) is 14.0. The topological polar surface area (TPSA) is 58.6 Å². The first-order chi connectivity index (χ1) is 9.93. The van der Waals surface area contributed by atoms with Gasteiger partial charge in [-0.05, 0) is 24.6 Å². The average molecular weight is 332 g/mol. The fourth-order valence-corrected chi connectivity index (χ4v) is 2.66. The van der Waals surface area contributed by atoms with Crippen molar-refractivity contribution in [2.24, 2.45) is 0 Å². The normalized spacial score (nSPS) is 13.7. The molecule has 1 rings (SSSR count). The van der Waals surface area contributed by atoms with Crippen molar-refractivity contribution in [3.8, 4) is 0 Å². The number of halogens is 1. The van der Waals surface area contributed by atoms with E-state index < -0.39 is 5.60 Å². The summed E-state index contributed by atoms with van der Waals surface area (Å²) in [6, 6.07) is 7.59. The van der Waals surface area contributed by atoms with Crippen LogP contribution >= 0.6 is 23.4 Å². The summed E-state index contributed by atoms with van der Waals surface area (Å²) in [7, 11) is 1.58. The molecule has 21 heavy (non-hydrogen) atoms. The zero-order valence-electron chi connectivity index (χ0n) is 12.4. The summed E-state index contributed by atoms with van der Waals surface area (Å²) in [5, 5.41) is 13.5. The maximum absolute atomic E-state index is 11.7. The average Bonchev–Trinajstić information content (AvgIpc) is 2.43. The van der Waals surface area contributed by atoms with E-state index in [9.17, 15) is 9.90 Å². The van der Waals surface area contributed by atoms with E-state index in [2.05, 4.69) is 5.32 Å². The summed E-state index contributed by atoms with van der Waals surface area (Å²) in [5.41, 5.74) is 0.149. The smallest absolute Gasteiger partial charge is 0.230 e. The number of nitrogens with one attached hydrogen (secondary N) is 1. The molecule has 0 aliphatic rings. The van der Waals surface area contributed by atoms with Gasteiger partial charge in [-0.1, -0.05) is 23.7 Å². The van der Waals surface area contributed by atoms with Crippen LogP contribution in [0.1, 0.15) is 18.9 Å². The molecule has 0 bridgehead atoms. The molecule has 0 radical (unpaired) electrons. The largest absolute Gasteiger partial charge is 0.388 e. The molecule has 1 atom stereocenters. The number of carbonyl (C=O) groups excluding carboxylic acids is 1. The molecule has 0 fully saturated rings. The Hall–Kier alpha value is -0.750. The van der Waals surface area contributed by atoms with E-state index in [4.69, 9.17) is 16.3 Å². The Bertz CT molecular complexity index is 454. The first-order valence-corrected chi connectivity index (χ1v) is 8.26. The number of carbonyl (C=O) groups is 1. The second kappa shape index (κ2) is 9.30. The van der Waals surface area contributed by atoms with E-state index in [0.717, 1.165) is 11.3 Å². The lowest BCUT2D eigenvalue weighted by atomic mass is 10.0. The van der Waals surface area contributed by atoms with Gasteiger partial charge in [-0.25, -0.2) is 0 Å². The van der Waals surface area contributed by atoms with E-state index in [1.165, 1.54) is 11.8 Å². The third kappa shape index (κ3) is 8.31. The van der Waals surface area contributed by atoms with Crippen molar-refractivity contribution in [2.75, 3.05) is 26.0 Å². The van der Waals surface area contributed by atoms with Gasteiger partial charge in [0, 0.05) is 37.5 Å². The monoisotopic (exact) mass is 331 g/mol. The number of hydrogen-bond donors (Lipinski definition) is 2. The van der Waals surface area contributed by atoms with Crippen LogP contribution in [-0.2, 0) is 15.3 Å². The number of methoxy groups -OCH3 is 1. The van der Waals surface area contributed by atoms with E-state index in [-0.39, 0.29) is 12.5 Å². The van der Waals surface area contributed by atoms with Crippen LogP contribution in [0.15, 0.2) is 24.3 Å². The first-order valence-electron chi connectivity index (χ1n) is 6.73. The Labute approximate surface area is 135 Å². The lowest BCUT2D eigenvalue weighted by Crippen LogP contribution is -2.42. The Morgan fingerprint density at radius 3 is 2.95 bits per heavy atom. The number of ether oxygens (including phenoxy) is 1. The van der Waals surface area contributed by atoms with E-state index in [1.54, 1.807) is 14.0 Å². The van der Waals surface area contributed by atoms with Crippen LogP contribution in [0.2, 0.25) is 5.02 Å². The fraction of sp³-hybridized carbons (Fsp3) is 0.533. The third-order valence-electron chi connectivity index (χ3n) is 2.90. The second-order valence-electron chi connectivity index (χ2n) is 5.14. The van der Waals surface area contributed by atoms with Crippen molar-refractivity contribution in [1.82, 2.24) is 5.32 Å². The molecule has 118 valence electrons. The van der Waals surface area contributed by atoms with Crippen LogP contribution in [0.4, 0.5) is 0 Å². The summed E-state index contributed by atoms with van der Waals surface area (Å²) in [6.07, 6.45) is 0.486. The van der Waals surface area contributed by atoms with Crippen LogP contribution in [0.3, 0.4) is 0 Å². The molecule has 1 unspecified atom stereocenters. The van der Waals surface area contributed by atoms with Crippen molar-refractivity contribution in [3.05, 3.63) is 34.9 Å². The Morgan fingerprint density at radius 1 is 1.52 bits per heavy atom. The van der Waals surface area contributed by atoms with E-state index >= 15 is 0 Å². The standard InChI is InChI=1S/C15H22ClNO3S/c1-15(19,6-7-20-2)11-17-14(18)10-21-9-12-4-3-5-13(16)8-12/h3-5,8,19H,6-7,9-11H2,1-2H3,(H,17,18). The first kappa shape index (κ1) is 18.3. The Morgan fingerprint density at radius 2 is 2.29 bits per heavy atom. The second-order valence-corrected chi connectivity index (χ2v) is 6.56. The van der Waals surface area contributed by atoms with Gasteiger partial charge in [0.1, 0.15) is 0 Å². The van der Waals surface area contributed by atoms with Crippen LogP contribution in [0.25, 0.3) is 0 Å². The van der Waals surface area contributed by atoms with Crippen molar-refractivity contribution in [1.29, 1.82) is 0 Å². The maximum atomic E-state index is 11.7. The molecule has 2 N–H and O–H groups in total. The molecule has 0 spiro atoms. The molecule has 4 nitrogen and oxygen atoms in total. The van der Waals surface area contributed by atoms with Crippen molar-refractivity contribution < 1.29 is 14.6 Å². The molecule has 0 aromatic heterocycles. The van der Waals surface area contributed by atoms with Gasteiger partial charge < -0.3 is 15.2 Å². The molecule has 0 aliphatic carbocycles. The van der Waals surface area contributed by atoms with Crippen LogP contribution < -0.4 is 5.32 Å². The van der Waals surface area contributed by atoms with Gasteiger partial charge in [-0.15, -0.1) is 11.8 Å². The lowest BCUT2D eigenvalue weighted by molar-refractivity contribution is -0.119. The van der Waals surface area contributed by atoms with E-state index in [0.29, 0.717) is 23.8 Å². The Balaban J connectivity index is 2.22. The lowest BCUT2D eigenvalue weighted by Gasteiger charge is -2.23. The number of aliphatic hydroxyl groups is 1. The number of amides is 1. The molecule has 0 aliphatic heterocycles. The van der Waals surface area contributed by atoms with Crippen molar-refractivity contribution >= 4 is 29.3 Å². The number of benzene rings is 1. The zero-order chi connectivity index (χ0) is 15.7. The molecule has 1 aromatic carbocycles. The predicted octanol–water partition coefficient (Wildman–Crippen LogP) is 2.48. The highest BCUT2D eigenvalue weighted by Gasteiger charge is 2.20. The Kier molecular flexibility index (Phi) is 8.11. The highest BCUT2D eigenvalue weighted by Crippen LogP contribution is 2.16. The number of thioether (sulfide) groups is 1. The maximum Gasteiger partial charge on any atom is 0.230 e. The van der Waals surface area contributed by atoms with Gasteiger partial charge in [0.25, 0.3) is 0 Å². The van der Waals surface area contributed by atoms with Gasteiger partial charge in [0.05, 0.1) is 11.4 Å². The van der Waals surface area contributed by atoms with Crippen LogP contribution in [0, 0.1) is 0 Å². The fourth-order valence-electron chi connectivity index (χ4n) is 1.64. The molecule has 0 saturated carbocycles. The minimum atomic E-state index is -0.941. The minimum Gasteiger partial charge on any atom is -0.388 e. The quantitative estimate of drug-likeness (QED) is 0.730. The van der Waals surface area contributed by atoms with Crippen molar-refractivity contribution in [2.45, 2.75) is 24.7 Å². The highest BCUT2D eigenvalue weighted by molar-refractivity contribution is 7.99. The van der Waals surface area contributed by atoms with Gasteiger partial charge >= 0.3 is 0 Å². The molecule has 6 heteroatoms. The summed E-state index contributed by atoms with van der Waals surface area (Å²) in [4.78, 5) is 11.7. The predicted molar refractivity (Wildman–Crippen MR) is 87.7 cm³/mol. The number of hydrogen-bond acceptors (Lipinski definition) is 4. The SMILES string of the molecule is COCCC(C)(O)CNC(=O)CSCc1cccc(Cl)c1.